The highest BCUT2D eigenvalue weighted by Crippen LogP contribution is 2.28. The summed E-state index contributed by atoms with van der Waals surface area (Å²) in [6.45, 7) is 5.47. The van der Waals surface area contributed by atoms with Gasteiger partial charge in [-0.25, -0.2) is 4.68 Å². The maximum atomic E-state index is 11.1. The number of hydrogen-bond donors (Lipinski definition) is 2. The summed E-state index contributed by atoms with van der Waals surface area (Å²) >= 11 is 0. The average Bonchev–Trinajstić information content (AvgIpc) is 2.63. The van der Waals surface area contributed by atoms with Crippen LogP contribution in [0.1, 0.15) is 19.5 Å². The lowest BCUT2D eigenvalue weighted by Gasteiger charge is -2.12. The van der Waals surface area contributed by atoms with Crippen LogP contribution in [0.5, 0.6) is 0 Å². The summed E-state index contributed by atoms with van der Waals surface area (Å²) in [5.41, 5.74) is 0.614. The zero-order valence-electron chi connectivity index (χ0n) is 11.4. The van der Waals surface area contributed by atoms with E-state index in [1.165, 1.54) is 0 Å². The zero-order chi connectivity index (χ0) is 13.7. The molecule has 0 bridgehead atoms. The molecule has 0 amide bonds. The van der Waals surface area contributed by atoms with Crippen molar-refractivity contribution in [3.8, 4) is 0 Å². The quantitative estimate of drug-likeness (QED) is 0.564. The monoisotopic (exact) mass is 255 g/mol. The molecular formula is C11H21N5O2. The van der Waals surface area contributed by atoms with E-state index in [0.717, 1.165) is 6.54 Å². The fraction of sp³-hybridized carbons (Fsp3) is 0.727. The Morgan fingerprint density at radius 1 is 1.50 bits per heavy atom. The largest absolute Gasteiger partial charge is 0.364 e. The van der Waals surface area contributed by atoms with E-state index < -0.39 is 0 Å². The van der Waals surface area contributed by atoms with E-state index in [0.29, 0.717) is 30.4 Å². The zero-order valence-corrected chi connectivity index (χ0v) is 11.4. The molecule has 102 valence electrons. The first-order valence-corrected chi connectivity index (χ1v) is 6.09. The first kappa shape index (κ1) is 14.4. The summed E-state index contributed by atoms with van der Waals surface area (Å²) in [6, 6.07) is 0. The molecule has 0 spiro atoms. The Morgan fingerprint density at radius 2 is 2.17 bits per heavy atom. The van der Waals surface area contributed by atoms with Crippen LogP contribution >= 0.6 is 0 Å². The number of nitrogens with one attached hydrogen (secondary N) is 2. The molecule has 0 aliphatic rings. The molecule has 0 aliphatic carbocycles. The topological polar surface area (TPSA) is 85.0 Å². The predicted octanol–water partition coefficient (Wildman–Crippen LogP) is 1.16. The molecule has 18 heavy (non-hydrogen) atoms. The van der Waals surface area contributed by atoms with Crippen LogP contribution in [0, 0.1) is 16.0 Å². The molecule has 7 heteroatoms. The van der Waals surface area contributed by atoms with E-state index >= 15 is 0 Å². The highest BCUT2D eigenvalue weighted by molar-refractivity contribution is 5.59. The number of nitro groups is 1. The highest BCUT2D eigenvalue weighted by Gasteiger charge is 2.25. The lowest BCUT2D eigenvalue weighted by atomic mass is 10.2. The summed E-state index contributed by atoms with van der Waals surface area (Å²) in [4.78, 5) is 10.7. The van der Waals surface area contributed by atoms with Gasteiger partial charge < -0.3 is 10.6 Å². The second kappa shape index (κ2) is 6.34. The summed E-state index contributed by atoms with van der Waals surface area (Å²) in [5, 5.41) is 21.5. The van der Waals surface area contributed by atoms with Crippen molar-refractivity contribution >= 4 is 11.5 Å². The van der Waals surface area contributed by atoms with Crippen molar-refractivity contribution in [3.63, 3.8) is 0 Å². The molecule has 0 aromatic carbocycles. The van der Waals surface area contributed by atoms with Gasteiger partial charge in [0.2, 0.25) is 5.82 Å². The van der Waals surface area contributed by atoms with Crippen molar-refractivity contribution in [3.05, 3.63) is 15.8 Å². The summed E-state index contributed by atoms with van der Waals surface area (Å²) < 4.78 is 1.54. The normalized spacial score (nSPS) is 12.4. The smallest absolute Gasteiger partial charge is 0.333 e. The van der Waals surface area contributed by atoms with Crippen LogP contribution in [-0.2, 0) is 13.5 Å². The fourth-order valence-electron chi connectivity index (χ4n) is 1.89. The molecule has 1 unspecified atom stereocenters. The van der Waals surface area contributed by atoms with Gasteiger partial charge in [-0.2, -0.15) is 5.10 Å². The lowest BCUT2D eigenvalue weighted by molar-refractivity contribution is -0.384. The van der Waals surface area contributed by atoms with E-state index in [4.69, 9.17) is 0 Å². The van der Waals surface area contributed by atoms with Crippen LogP contribution in [0.3, 0.4) is 0 Å². The third-order valence-corrected chi connectivity index (χ3v) is 2.78. The minimum atomic E-state index is -0.364. The summed E-state index contributed by atoms with van der Waals surface area (Å²) in [6.07, 6.45) is 0.553. The molecule has 1 aromatic rings. The molecule has 0 fully saturated rings. The van der Waals surface area contributed by atoms with E-state index in [1.54, 1.807) is 11.7 Å². The van der Waals surface area contributed by atoms with Crippen molar-refractivity contribution in [2.75, 3.05) is 25.5 Å². The van der Waals surface area contributed by atoms with Gasteiger partial charge in [-0.1, -0.05) is 13.8 Å². The molecule has 1 atom stereocenters. The molecular weight excluding hydrogens is 234 g/mol. The van der Waals surface area contributed by atoms with Gasteiger partial charge in [-0.05, 0) is 25.9 Å². The van der Waals surface area contributed by atoms with Crippen molar-refractivity contribution in [1.82, 2.24) is 15.1 Å². The van der Waals surface area contributed by atoms with Gasteiger partial charge in [-0.3, -0.25) is 10.1 Å². The molecule has 2 N–H and O–H groups in total. The van der Waals surface area contributed by atoms with Gasteiger partial charge in [0.25, 0.3) is 0 Å². The molecule has 0 saturated carbocycles. The number of anilines is 1. The van der Waals surface area contributed by atoms with Crippen LogP contribution in [0.15, 0.2) is 0 Å². The molecule has 0 aliphatic heterocycles. The molecule has 1 rings (SSSR count). The number of nitrogens with zero attached hydrogens (tertiary/aromatic N) is 3. The van der Waals surface area contributed by atoms with E-state index in [9.17, 15) is 10.1 Å². The summed E-state index contributed by atoms with van der Waals surface area (Å²) in [7, 11) is 3.61. The van der Waals surface area contributed by atoms with Gasteiger partial charge in [-0.15, -0.1) is 0 Å². The molecule has 0 radical (unpaired) electrons. The Balaban J connectivity index is 2.87. The van der Waals surface area contributed by atoms with Crippen LogP contribution in [0.2, 0.25) is 0 Å². The third-order valence-electron chi connectivity index (χ3n) is 2.78. The van der Waals surface area contributed by atoms with Gasteiger partial charge in [0.1, 0.15) is 5.69 Å². The Hall–Kier alpha value is -1.63. The van der Waals surface area contributed by atoms with Crippen molar-refractivity contribution in [1.29, 1.82) is 0 Å². The van der Waals surface area contributed by atoms with Crippen molar-refractivity contribution in [2.45, 2.75) is 20.3 Å². The maximum Gasteiger partial charge on any atom is 0.333 e. The second-order valence-electron chi connectivity index (χ2n) is 4.42. The van der Waals surface area contributed by atoms with Crippen LogP contribution < -0.4 is 10.6 Å². The number of aryl methyl sites for hydroxylation is 2. The Labute approximate surface area is 107 Å². The predicted molar refractivity (Wildman–Crippen MR) is 70.8 cm³/mol. The van der Waals surface area contributed by atoms with E-state index in [1.807, 2.05) is 14.0 Å². The van der Waals surface area contributed by atoms with Crippen molar-refractivity contribution < 1.29 is 4.92 Å². The standard InChI is InChI=1S/C11H21N5O2/c1-5-9-10(16(17)18)11(15(4)14-9)13-7-8(2)6-12-3/h8,12-13H,5-7H2,1-4H3. The molecule has 0 saturated heterocycles. The van der Waals surface area contributed by atoms with Gasteiger partial charge in [0.15, 0.2) is 0 Å². The molecule has 7 nitrogen and oxygen atoms in total. The Kier molecular flexibility index (Phi) is 5.08. The molecule has 1 aromatic heterocycles. The van der Waals surface area contributed by atoms with E-state index in [2.05, 4.69) is 22.7 Å². The first-order valence-electron chi connectivity index (χ1n) is 6.09. The Bertz CT molecular complexity index is 416. The summed E-state index contributed by atoms with van der Waals surface area (Å²) in [5.74, 6) is 0.870. The minimum absolute atomic E-state index is 0.0941. The van der Waals surface area contributed by atoms with Gasteiger partial charge in [0, 0.05) is 13.6 Å². The molecule has 1 heterocycles. The fourth-order valence-corrected chi connectivity index (χ4v) is 1.89. The third kappa shape index (κ3) is 3.19. The van der Waals surface area contributed by atoms with Crippen LogP contribution in [-0.4, -0.2) is 34.8 Å². The Morgan fingerprint density at radius 3 is 2.67 bits per heavy atom. The van der Waals surface area contributed by atoms with Gasteiger partial charge >= 0.3 is 5.69 Å². The number of rotatable bonds is 7. The number of aromatic nitrogens is 2. The van der Waals surface area contributed by atoms with Crippen LogP contribution in [0.25, 0.3) is 0 Å². The average molecular weight is 255 g/mol. The number of hydrogen-bond acceptors (Lipinski definition) is 5. The van der Waals surface area contributed by atoms with Crippen LogP contribution in [0.4, 0.5) is 11.5 Å². The first-order chi connectivity index (χ1) is 8.51. The second-order valence-corrected chi connectivity index (χ2v) is 4.42. The van der Waals surface area contributed by atoms with E-state index in [-0.39, 0.29) is 10.6 Å². The highest BCUT2D eigenvalue weighted by atomic mass is 16.6. The SMILES string of the molecule is CCc1nn(C)c(NCC(C)CNC)c1[N+](=O)[O-]. The maximum absolute atomic E-state index is 11.1. The van der Waals surface area contributed by atoms with Crippen molar-refractivity contribution in [2.24, 2.45) is 13.0 Å². The van der Waals surface area contributed by atoms with Gasteiger partial charge in [0.05, 0.1) is 4.92 Å². The minimum Gasteiger partial charge on any atom is -0.364 e. The lowest BCUT2D eigenvalue weighted by Crippen LogP contribution is -2.23.